The molecule has 2 aromatic rings. The van der Waals surface area contributed by atoms with Crippen molar-refractivity contribution in [3.05, 3.63) is 46.8 Å². The zero-order chi connectivity index (χ0) is 40.0. The Morgan fingerprint density at radius 1 is 1.04 bits per heavy atom. The van der Waals surface area contributed by atoms with Crippen LogP contribution >= 0.6 is 11.3 Å². The van der Waals surface area contributed by atoms with Gasteiger partial charge in [0.2, 0.25) is 27.7 Å². The monoisotopic (exact) mass is 808 g/mol. The molecule has 5 amide bonds. The summed E-state index contributed by atoms with van der Waals surface area (Å²) in [6.45, 7) is 6.48. The fraction of sp³-hybridized carbons (Fsp3) is 0.600. The molecule has 4 fully saturated rings. The normalized spacial score (nSPS) is 28.8. The number of hydrogen-bond acceptors (Lipinski definition) is 10. The number of aromatic nitrogens is 1. The molecule has 1 aromatic heterocycles. The van der Waals surface area contributed by atoms with Gasteiger partial charge < -0.3 is 25.2 Å². The first-order valence-corrected chi connectivity index (χ1v) is 22.0. The fourth-order valence-corrected chi connectivity index (χ4v) is 10.5. The number of nitrogens with one attached hydrogen (secondary N) is 3. The molecule has 14 nitrogen and oxygen atoms in total. The maximum atomic E-state index is 14.7. The Hall–Kier alpha value is -4.31. The van der Waals surface area contributed by atoms with E-state index in [4.69, 9.17) is 4.74 Å². The summed E-state index contributed by atoms with van der Waals surface area (Å²) in [6.07, 6.45) is 8.64. The van der Waals surface area contributed by atoms with E-state index < -0.39 is 56.5 Å². The summed E-state index contributed by atoms with van der Waals surface area (Å²) in [6, 6.07) is 5.45. The maximum Gasteiger partial charge on any atom is 0.282 e. The Balaban J connectivity index is 1.16. The molecular weight excluding hydrogens is 757 g/mol. The van der Waals surface area contributed by atoms with E-state index in [9.17, 15) is 32.4 Å². The third-order valence-electron chi connectivity index (χ3n) is 11.6. The van der Waals surface area contributed by atoms with Crippen molar-refractivity contribution in [3.8, 4) is 17.0 Å². The highest BCUT2D eigenvalue weighted by Crippen LogP contribution is 2.47. The SMILES string of the molecule is COc1ccc(-c2csc(C(=O)N3C[C@H]4CN5C(=O)[C@@H](NC(=O)CC(C)(C)C)CCCCC/C=C\[C@H]6C[C@@]6(C(=O)NS(=O)(=O)C6CC6)NC(=O)[C@@H]5[C@H]4C3)n2)cc1. The molecule has 0 unspecified atom stereocenters. The molecule has 302 valence electrons. The summed E-state index contributed by atoms with van der Waals surface area (Å²) in [7, 11) is -2.31. The van der Waals surface area contributed by atoms with Gasteiger partial charge in [0.1, 0.15) is 23.4 Å². The summed E-state index contributed by atoms with van der Waals surface area (Å²) >= 11 is 1.23. The van der Waals surface area contributed by atoms with Gasteiger partial charge >= 0.3 is 0 Å². The number of methoxy groups -OCH3 is 1. The molecule has 0 radical (unpaired) electrons. The van der Waals surface area contributed by atoms with Gasteiger partial charge in [0, 0.05) is 54.8 Å². The highest BCUT2D eigenvalue weighted by atomic mass is 32.2. The van der Waals surface area contributed by atoms with E-state index in [1.807, 2.05) is 62.6 Å². The van der Waals surface area contributed by atoms with Gasteiger partial charge in [-0.3, -0.25) is 28.7 Å². The lowest BCUT2D eigenvalue weighted by molar-refractivity contribution is -0.143. The smallest absolute Gasteiger partial charge is 0.282 e. The van der Waals surface area contributed by atoms with Gasteiger partial charge in [0.15, 0.2) is 5.01 Å². The van der Waals surface area contributed by atoms with E-state index in [1.54, 1.807) is 12.0 Å². The van der Waals surface area contributed by atoms with Gasteiger partial charge in [-0.05, 0) is 68.2 Å². The number of amides is 5. The predicted molar refractivity (Wildman–Crippen MR) is 210 cm³/mol. The van der Waals surface area contributed by atoms with Crippen molar-refractivity contribution < 1.29 is 37.1 Å². The highest BCUT2D eigenvalue weighted by molar-refractivity contribution is 7.91. The number of nitrogens with zero attached hydrogens (tertiary/aromatic N) is 3. The maximum absolute atomic E-state index is 14.7. The van der Waals surface area contributed by atoms with Crippen LogP contribution in [0.15, 0.2) is 41.8 Å². The summed E-state index contributed by atoms with van der Waals surface area (Å²) in [5.74, 6) is -2.73. The number of thiazole rings is 1. The summed E-state index contributed by atoms with van der Waals surface area (Å²) in [5, 5.41) is 7.42. The molecule has 4 heterocycles. The minimum atomic E-state index is -3.90. The highest BCUT2D eigenvalue weighted by Gasteiger charge is 2.63. The van der Waals surface area contributed by atoms with Crippen molar-refractivity contribution in [2.24, 2.45) is 23.2 Å². The van der Waals surface area contributed by atoms with Gasteiger partial charge in [0.05, 0.1) is 18.1 Å². The number of fused-ring (bicyclic) bond motifs is 4. The molecule has 6 atom stereocenters. The van der Waals surface area contributed by atoms with E-state index in [0.29, 0.717) is 48.6 Å². The van der Waals surface area contributed by atoms with Crippen molar-refractivity contribution in [3.63, 3.8) is 0 Å². The summed E-state index contributed by atoms with van der Waals surface area (Å²) < 4.78 is 33.3. The van der Waals surface area contributed by atoms with Crippen molar-refractivity contribution >= 4 is 50.9 Å². The number of carbonyl (C=O) groups excluding carboxylic acids is 5. The third-order valence-corrected chi connectivity index (χ3v) is 14.2. The number of sulfonamides is 1. The number of hydrogen-bond donors (Lipinski definition) is 3. The van der Waals surface area contributed by atoms with Gasteiger partial charge in [0.25, 0.3) is 11.8 Å². The summed E-state index contributed by atoms with van der Waals surface area (Å²) in [4.78, 5) is 78.1. The van der Waals surface area contributed by atoms with Crippen molar-refractivity contribution in [2.75, 3.05) is 26.7 Å². The topological polar surface area (TPSA) is 184 Å². The van der Waals surface area contributed by atoms with Crippen LogP contribution in [0.25, 0.3) is 11.3 Å². The molecular formula is C40H52N6O8S2. The largest absolute Gasteiger partial charge is 0.497 e. The van der Waals surface area contributed by atoms with Crippen LogP contribution in [0, 0.1) is 23.2 Å². The standard InChI is InChI=1S/C40H52N6O8S2/c1-39(2,3)19-32(47)41-30-11-9-7-5-6-8-10-26-18-40(26,38(51)44-56(52,53)28-16-17-28)43-34(48)33-29-22-45(20-25(29)21-46(33)36(30)49)37(50)35-42-31(23-55-35)24-12-14-27(54-4)15-13-24/h8,10,12-15,23,25-26,28-30,33H,5-7,9,11,16-22H2,1-4H3,(H,41,47)(H,43,48)(H,44,51)/b10-8-/t25-,26-,29-,30-,33-,40+/m0/s1. The average Bonchev–Trinajstić information content (AvgIpc) is 3.96. The van der Waals surface area contributed by atoms with Crippen LogP contribution in [0.3, 0.4) is 0 Å². The lowest BCUT2D eigenvalue weighted by Crippen LogP contribution is -2.60. The molecule has 2 saturated carbocycles. The zero-order valence-corrected chi connectivity index (χ0v) is 34.0. The number of allylic oxidation sites excluding steroid dienone is 1. The number of benzene rings is 1. The molecule has 5 aliphatic rings. The van der Waals surface area contributed by atoms with E-state index in [1.165, 1.54) is 16.2 Å². The molecule has 3 N–H and O–H groups in total. The Labute approximate surface area is 332 Å². The lowest BCUT2D eigenvalue weighted by atomic mass is 9.91. The minimum Gasteiger partial charge on any atom is -0.497 e. The predicted octanol–water partition coefficient (Wildman–Crippen LogP) is 3.64. The minimum absolute atomic E-state index is 0.169. The molecule has 0 spiro atoms. The second-order valence-electron chi connectivity index (χ2n) is 17.2. The van der Waals surface area contributed by atoms with Crippen LogP contribution in [0.4, 0.5) is 0 Å². The summed E-state index contributed by atoms with van der Waals surface area (Å²) in [5.41, 5.74) is -0.327. The molecule has 2 aliphatic carbocycles. The first kappa shape index (κ1) is 39.9. The van der Waals surface area contributed by atoms with Gasteiger partial charge in [-0.15, -0.1) is 11.3 Å². The quantitative estimate of drug-likeness (QED) is 0.335. The Kier molecular flexibility index (Phi) is 11.1. The second kappa shape index (κ2) is 15.6. The third kappa shape index (κ3) is 8.50. The fourth-order valence-electron chi connectivity index (χ4n) is 8.37. The van der Waals surface area contributed by atoms with Crippen LogP contribution in [0.1, 0.15) is 88.4 Å². The van der Waals surface area contributed by atoms with Gasteiger partial charge in [-0.1, -0.05) is 45.8 Å². The van der Waals surface area contributed by atoms with Crippen molar-refractivity contribution in [1.82, 2.24) is 30.1 Å². The van der Waals surface area contributed by atoms with Crippen LogP contribution in [0.2, 0.25) is 0 Å². The molecule has 7 rings (SSSR count). The number of ether oxygens (including phenoxy) is 1. The van der Waals surface area contributed by atoms with E-state index in [0.717, 1.165) is 18.4 Å². The molecule has 16 heteroatoms. The number of carbonyl (C=O) groups is 5. The zero-order valence-electron chi connectivity index (χ0n) is 32.4. The number of rotatable bonds is 8. The van der Waals surface area contributed by atoms with Gasteiger partial charge in [-0.2, -0.15) is 0 Å². The van der Waals surface area contributed by atoms with Crippen LogP contribution in [-0.2, 0) is 29.2 Å². The average molecular weight is 809 g/mol. The van der Waals surface area contributed by atoms with E-state index in [2.05, 4.69) is 20.3 Å². The molecule has 2 saturated heterocycles. The van der Waals surface area contributed by atoms with Crippen LogP contribution < -0.4 is 20.1 Å². The Morgan fingerprint density at radius 2 is 1.79 bits per heavy atom. The van der Waals surface area contributed by atoms with Crippen molar-refractivity contribution in [2.45, 2.75) is 101 Å². The van der Waals surface area contributed by atoms with E-state index in [-0.39, 0.29) is 61.5 Å². The Morgan fingerprint density at radius 3 is 2.48 bits per heavy atom. The first-order valence-electron chi connectivity index (χ1n) is 19.6. The first-order chi connectivity index (χ1) is 26.6. The Bertz CT molecular complexity index is 2010. The van der Waals surface area contributed by atoms with Crippen LogP contribution in [0.5, 0.6) is 5.75 Å². The molecule has 56 heavy (non-hydrogen) atoms. The molecule has 0 bridgehead atoms. The van der Waals surface area contributed by atoms with E-state index >= 15 is 0 Å². The number of likely N-dealkylation sites (tertiary alicyclic amines) is 1. The molecule has 1 aromatic carbocycles. The van der Waals surface area contributed by atoms with Crippen molar-refractivity contribution in [1.29, 1.82) is 0 Å². The second-order valence-corrected chi connectivity index (χ2v) is 20.0. The van der Waals surface area contributed by atoms with Crippen LogP contribution in [-0.4, -0.2) is 102 Å². The molecule has 3 aliphatic heterocycles. The van der Waals surface area contributed by atoms with Gasteiger partial charge in [-0.25, -0.2) is 13.4 Å². The lowest BCUT2D eigenvalue weighted by Gasteiger charge is -2.33.